The number of fused-ring (bicyclic) bond motifs is 1. The molecule has 0 amide bonds. The van der Waals surface area contributed by atoms with E-state index in [1.165, 1.54) is 11.3 Å². The maximum Gasteiger partial charge on any atom is 0.350 e. The minimum absolute atomic E-state index is 0.294. The van der Waals surface area contributed by atoms with E-state index in [2.05, 4.69) is 15.0 Å². The molecule has 0 aliphatic rings. The number of thiophene rings is 2. The average molecular weight is 382 g/mol. The first-order valence-corrected chi connectivity index (χ1v) is 9.59. The van der Waals surface area contributed by atoms with Crippen LogP contribution >= 0.6 is 22.7 Å². The summed E-state index contributed by atoms with van der Waals surface area (Å²) in [6, 6.07) is 5.93. The molecule has 0 aliphatic carbocycles. The first-order valence-electron chi connectivity index (χ1n) is 7.89. The molecule has 4 heterocycles. The Morgan fingerprint density at radius 1 is 1.31 bits per heavy atom. The van der Waals surface area contributed by atoms with Crippen molar-refractivity contribution in [1.82, 2.24) is 15.0 Å². The molecule has 4 aromatic rings. The lowest BCUT2D eigenvalue weighted by Gasteiger charge is -2.06. The van der Waals surface area contributed by atoms with E-state index in [0.29, 0.717) is 33.4 Å². The van der Waals surface area contributed by atoms with Gasteiger partial charge in [-0.1, -0.05) is 6.07 Å². The number of nitrogens with zero attached hydrogens (tertiary/aromatic N) is 3. The monoisotopic (exact) mass is 382 g/mol. The molecule has 0 aromatic carbocycles. The van der Waals surface area contributed by atoms with Gasteiger partial charge in [-0.05, 0) is 24.4 Å². The van der Waals surface area contributed by atoms with Crippen LogP contribution in [0.5, 0.6) is 0 Å². The van der Waals surface area contributed by atoms with Crippen molar-refractivity contribution >= 4 is 44.5 Å². The van der Waals surface area contributed by atoms with Gasteiger partial charge in [-0.15, -0.1) is 22.7 Å². The van der Waals surface area contributed by atoms with Gasteiger partial charge >= 0.3 is 5.97 Å². The third-order valence-corrected chi connectivity index (χ3v) is 5.75. The van der Waals surface area contributed by atoms with Crippen molar-refractivity contribution < 1.29 is 9.53 Å². The molecule has 0 bridgehead atoms. The number of carbonyl (C=O) groups excluding carboxylic acids is 1. The van der Waals surface area contributed by atoms with Gasteiger partial charge < -0.3 is 10.5 Å². The van der Waals surface area contributed by atoms with E-state index in [0.717, 1.165) is 15.8 Å². The molecule has 8 heteroatoms. The standard InChI is InChI=1S/C18H14N4O2S2/c1-2-24-18(23)16-15(19)14-10(13-4-3-7-25-13)8-11(22-17(14)26-16)12-9-20-5-6-21-12/h3-9H,2,19H2,1H3. The molecule has 2 N–H and O–H groups in total. The van der Waals surface area contributed by atoms with Crippen LogP contribution in [0.4, 0.5) is 5.69 Å². The molecule has 0 radical (unpaired) electrons. The highest BCUT2D eigenvalue weighted by Gasteiger charge is 2.22. The Bertz CT molecular complexity index is 1080. The molecule has 0 atom stereocenters. The zero-order valence-corrected chi connectivity index (χ0v) is 15.4. The van der Waals surface area contributed by atoms with Crippen LogP contribution in [0.25, 0.3) is 32.0 Å². The number of hydrogen-bond acceptors (Lipinski definition) is 8. The van der Waals surface area contributed by atoms with Gasteiger partial charge in [-0.25, -0.2) is 9.78 Å². The fraction of sp³-hybridized carbons (Fsp3) is 0.111. The van der Waals surface area contributed by atoms with E-state index < -0.39 is 5.97 Å². The number of esters is 1. The Kier molecular flexibility index (Phi) is 4.36. The summed E-state index contributed by atoms with van der Waals surface area (Å²) in [6.45, 7) is 2.06. The molecule has 4 aromatic heterocycles. The van der Waals surface area contributed by atoms with Crippen LogP contribution in [-0.2, 0) is 4.74 Å². The summed E-state index contributed by atoms with van der Waals surface area (Å²) < 4.78 is 5.13. The summed E-state index contributed by atoms with van der Waals surface area (Å²) in [7, 11) is 0. The summed E-state index contributed by atoms with van der Waals surface area (Å²) in [6.07, 6.45) is 4.90. The second-order valence-electron chi connectivity index (χ2n) is 5.37. The van der Waals surface area contributed by atoms with Gasteiger partial charge in [0.1, 0.15) is 15.4 Å². The maximum atomic E-state index is 12.2. The van der Waals surface area contributed by atoms with Crippen molar-refractivity contribution in [2.75, 3.05) is 12.3 Å². The first-order chi connectivity index (χ1) is 12.7. The highest BCUT2D eigenvalue weighted by Crippen LogP contribution is 2.42. The molecule has 4 rings (SSSR count). The highest BCUT2D eigenvalue weighted by atomic mass is 32.1. The van der Waals surface area contributed by atoms with Crippen LogP contribution in [0.3, 0.4) is 0 Å². The minimum atomic E-state index is -0.425. The summed E-state index contributed by atoms with van der Waals surface area (Å²) in [5, 5.41) is 2.77. The van der Waals surface area contributed by atoms with Gasteiger partial charge in [0.15, 0.2) is 0 Å². The molecule has 0 aliphatic heterocycles. The Balaban J connectivity index is 1.99. The third-order valence-electron chi connectivity index (χ3n) is 3.77. The number of hydrogen-bond donors (Lipinski definition) is 1. The number of aromatic nitrogens is 3. The van der Waals surface area contributed by atoms with Gasteiger partial charge in [-0.2, -0.15) is 0 Å². The number of carbonyl (C=O) groups is 1. The lowest BCUT2D eigenvalue weighted by atomic mass is 10.1. The molecule has 0 saturated heterocycles. The van der Waals surface area contributed by atoms with Crippen LogP contribution in [0.1, 0.15) is 16.6 Å². The molecular formula is C18H14N4O2S2. The second kappa shape index (κ2) is 6.81. The Morgan fingerprint density at radius 2 is 2.19 bits per heavy atom. The average Bonchev–Trinajstić information content (AvgIpc) is 3.30. The van der Waals surface area contributed by atoms with Gasteiger partial charge in [0.25, 0.3) is 0 Å². The largest absolute Gasteiger partial charge is 0.462 e. The van der Waals surface area contributed by atoms with E-state index in [9.17, 15) is 4.79 Å². The van der Waals surface area contributed by atoms with Crippen molar-refractivity contribution in [2.45, 2.75) is 6.92 Å². The minimum Gasteiger partial charge on any atom is -0.462 e. The summed E-state index contributed by atoms with van der Waals surface area (Å²) in [4.78, 5) is 27.5. The van der Waals surface area contributed by atoms with E-state index in [1.807, 2.05) is 23.6 Å². The Morgan fingerprint density at radius 3 is 2.88 bits per heavy atom. The van der Waals surface area contributed by atoms with E-state index in [4.69, 9.17) is 10.5 Å². The van der Waals surface area contributed by atoms with E-state index in [-0.39, 0.29) is 0 Å². The van der Waals surface area contributed by atoms with Crippen molar-refractivity contribution in [3.05, 3.63) is 47.0 Å². The lowest BCUT2D eigenvalue weighted by Crippen LogP contribution is -2.04. The third kappa shape index (κ3) is 2.83. The Hall–Kier alpha value is -2.84. The van der Waals surface area contributed by atoms with Crippen LogP contribution < -0.4 is 5.73 Å². The van der Waals surface area contributed by atoms with Gasteiger partial charge in [-0.3, -0.25) is 9.97 Å². The van der Waals surface area contributed by atoms with Gasteiger partial charge in [0.2, 0.25) is 0 Å². The summed E-state index contributed by atoms with van der Waals surface area (Å²) >= 11 is 2.84. The molecule has 0 saturated carbocycles. The molecule has 0 unspecified atom stereocenters. The maximum absolute atomic E-state index is 12.2. The van der Waals surface area contributed by atoms with E-state index >= 15 is 0 Å². The molecule has 0 spiro atoms. The van der Waals surface area contributed by atoms with Gasteiger partial charge in [0.05, 0.1) is 24.2 Å². The topological polar surface area (TPSA) is 91.0 Å². The van der Waals surface area contributed by atoms with Gasteiger partial charge in [0, 0.05) is 28.2 Å². The lowest BCUT2D eigenvalue weighted by molar-refractivity contribution is 0.0533. The van der Waals surface area contributed by atoms with Crippen molar-refractivity contribution in [3.8, 4) is 21.8 Å². The number of nitrogen functional groups attached to an aromatic ring is 1. The Labute approximate surface area is 157 Å². The molecular weight excluding hydrogens is 368 g/mol. The SMILES string of the molecule is CCOC(=O)c1sc2nc(-c3cnccn3)cc(-c3cccs3)c2c1N. The molecule has 130 valence electrons. The number of anilines is 1. The van der Waals surface area contributed by atoms with Crippen LogP contribution in [0, 0.1) is 0 Å². The predicted octanol–water partition coefficient (Wildman–Crippen LogP) is 4.24. The second-order valence-corrected chi connectivity index (χ2v) is 7.32. The van der Waals surface area contributed by atoms with Crippen molar-refractivity contribution in [2.24, 2.45) is 0 Å². The fourth-order valence-electron chi connectivity index (χ4n) is 2.66. The highest BCUT2D eigenvalue weighted by molar-refractivity contribution is 7.21. The first kappa shape index (κ1) is 16.6. The number of ether oxygens (including phenoxy) is 1. The number of nitrogens with two attached hydrogens (primary N) is 1. The number of rotatable bonds is 4. The zero-order valence-electron chi connectivity index (χ0n) is 13.8. The normalized spacial score (nSPS) is 11.0. The molecule has 26 heavy (non-hydrogen) atoms. The zero-order chi connectivity index (χ0) is 18.1. The predicted molar refractivity (Wildman–Crippen MR) is 104 cm³/mol. The van der Waals surface area contributed by atoms with Crippen LogP contribution in [0.2, 0.25) is 0 Å². The van der Waals surface area contributed by atoms with Crippen LogP contribution in [0.15, 0.2) is 42.2 Å². The van der Waals surface area contributed by atoms with Crippen molar-refractivity contribution in [1.29, 1.82) is 0 Å². The number of pyridine rings is 1. The molecule has 0 fully saturated rings. The fourth-order valence-corrected chi connectivity index (χ4v) is 4.42. The molecule has 6 nitrogen and oxygen atoms in total. The van der Waals surface area contributed by atoms with Crippen LogP contribution in [-0.4, -0.2) is 27.5 Å². The summed E-state index contributed by atoms with van der Waals surface area (Å²) in [5.74, 6) is -0.425. The van der Waals surface area contributed by atoms with E-state index in [1.54, 1.807) is 36.9 Å². The smallest absolute Gasteiger partial charge is 0.350 e. The summed E-state index contributed by atoms with van der Waals surface area (Å²) in [5.41, 5.74) is 8.99. The van der Waals surface area contributed by atoms with Crippen molar-refractivity contribution in [3.63, 3.8) is 0 Å². The quantitative estimate of drug-likeness (QED) is 0.531.